The second kappa shape index (κ2) is 12.8. The average Bonchev–Trinajstić information content (AvgIpc) is 3.33. The molecule has 1 N–H and O–H groups in total. The zero-order chi connectivity index (χ0) is 27.0. The highest BCUT2D eigenvalue weighted by atomic mass is 16.5. The molecule has 4 rings (SSSR count). The van der Waals surface area contributed by atoms with Gasteiger partial charge in [-0.25, -0.2) is 4.98 Å². The number of amides is 2. The van der Waals surface area contributed by atoms with Crippen molar-refractivity contribution < 1.29 is 14.3 Å². The fourth-order valence-electron chi connectivity index (χ4n) is 5.38. The first-order chi connectivity index (χ1) is 18.4. The molecule has 1 unspecified atom stereocenters. The van der Waals surface area contributed by atoms with Gasteiger partial charge >= 0.3 is 0 Å². The van der Waals surface area contributed by atoms with E-state index < -0.39 is 6.04 Å². The van der Waals surface area contributed by atoms with Crippen molar-refractivity contribution in [1.29, 1.82) is 0 Å². The molecule has 1 saturated heterocycles. The van der Waals surface area contributed by atoms with Gasteiger partial charge in [0.15, 0.2) is 0 Å². The smallest absolute Gasteiger partial charge is 0.245 e. The fraction of sp³-hybridized carbons (Fsp3) is 0.452. The van der Waals surface area contributed by atoms with E-state index in [2.05, 4.69) is 41.5 Å². The molecular formula is C31H40N4O3. The van der Waals surface area contributed by atoms with Crippen molar-refractivity contribution in [2.24, 2.45) is 7.05 Å². The predicted molar refractivity (Wildman–Crippen MR) is 149 cm³/mol. The monoisotopic (exact) mass is 516 g/mol. The summed E-state index contributed by atoms with van der Waals surface area (Å²) in [6.07, 6.45) is 9.38. The number of likely N-dealkylation sites (tertiary alicyclic amines) is 1. The third kappa shape index (κ3) is 6.63. The Morgan fingerprint density at radius 3 is 2.45 bits per heavy atom. The standard InChI is InChI=1S/C31H40N4O3/c1-4-5-9-18-31(25-10-7-6-8-11-25)21-35(22-31)30(37)28(19-24-12-15-27(38-3)16-13-24)33-29(36)17-14-26-20-32-23-34(26)2/h6-8,10-13,15-16,20,23,28H,4-5,9,14,17-19,21-22H2,1-3H3,(H,33,36). The lowest BCUT2D eigenvalue weighted by molar-refractivity contribution is -0.143. The molecule has 1 aliphatic rings. The van der Waals surface area contributed by atoms with Crippen molar-refractivity contribution in [2.75, 3.05) is 20.2 Å². The van der Waals surface area contributed by atoms with Crippen LogP contribution in [0, 0.1) is 0 Å². The van der Waals surface area contributed by atoms with Crippen molar-refractivity contribution >= 4 is 11.8 Å². The molecule has 38 heavy (non-hydrogen) atoms. The van der Waals surface area contributed by atoms with E-state index >= 15 is 0 Å². The number of imidazole rings is 1. The number of hydrogen-bond donors (Lipinski definition) is 1. The number of methoxy groups -OCH3 is 1. The third-order valence-electron chi connectivity index (χ3n) is 7.70. The Morgan fingerprint density at radius 2 is 1.82 bits per heavy atom. The number of rotatable bonds is 13. The SMILES string of the molecule is CCCCCC1(c2ccccc2)CN(C(=O)C(Cc2ccc(OC)cc2)NC(=O)CCc2cncn2C)C1. The minimum atomic E-state index is -0.619. The number of hydrogen-bond acceptors (Lipinski definition) is 4. The molecule has 1 fully saturated rings. The van der Waals surface area contributed by atoms with E-state index in [-0.39, 0.29) is 17.2 Å². The summed E-state index contributed by atoms with van der Waals surface area (Å²) in [6, 6.07) is 17.6. The van der Waals surface area contributed by atoms with Crippen LogP contribution in [0.1, 0.15) is 55.8 Å². The van der Waals surface area contributed by atoms with E-state index in [1.54, 1.807) is 19.6 Å². The lowest BCUT2D eigenvalue weighted by atomic mass is 9.70. The zero-order valence-corrected chi connectivity index (χ0v) is 22.9. The van der Waals surface area contributed by atoms with Crippen molar-refractivity contribution in [3.63, 3.8) is 0 Å². The second-order valence-corrected chi connectivity index (χ2v) is 10.5. The van der Waals surface area contributed by atoms with E-state index in [4.69, 9.17) is 4.74 Å². The summed E-state index contributed by atoms with van der Waals surface area (Å²) in [6.45, 7) is 3.58. The van der Waals surface area contributed by atoms with E-state index in [0.717, 1.165) is 29.8 Å². The van der Waals surface area contributed by atoms with Gasteiger partial charge in [-0.15, -0.1) is 0 Å². The number of ether oxygens (including phenoxy) is 1. The minimum absolute atomic E-state index is 0.0136. The van der Waals surface area contributed by atoms with Gasteiger partial charge in [-0.3, -0.25) is 9.59 Å². The summed E-state index contributed by atoms with van der Waals surface area (Å²) in [7, 11) is 3.55. The van der Waals surface area contributed by atoms with Crippen LogP contribution in [-0.4, -0.2) is 52.5 Å². The maximum Gasteiger partial charge on any atom is 0.245 e. The van der Waals surface area contributed by atoms with Gasteiger partial charge in [0.2, 0.25) is 11.8 Å². The van der Waals surface area contributed by atoms with E-state index in [1.165, 1.54) is 18.4 Å². The quantitative estimate of drug-likeness (QED) is 0.341. The number of benzene rings is 2. The van der Waals surface area contributed by atoms with Crippen LogP contribution < -0.4 is 10.1 Å². The Labute approximate surface area is 226 Å². The maximum absolute atomic E-state index is 13.8. The van der Waals surface area contributed by atoms with E-state index in [1.807, 2.05) is 46.8 Å². The highest BCUT2D eigenvalue weighted by molar-refractivity contribution is 5.88. The molecule has 2 aromatic carbocycles. The number of aryl methyl sites for hydroxylation is 2. The molecule has 7 heteroatoms. The summed E-state index contributed by atoms with van der Waals surface area (Å²) in [5.74, 6) is 0.618. The normalized spacial score (nSPS) is 15.0. The first-order valence-corrected chi connectivity index (χ1v) is 13.7. The molecule has 0 aliphatic carbocycles. The maximum atomic E-state index is 13.8. The van der Waals surface area contributed by atoms with Gasteiger partial charge in [0.1, 0.15) is 11.8 Å². The van der Waals surface area contributed by atoms with Gasteiger partial charge in [-0.05, 0) is 36.1 Å². The van der Waals surface area contributed by atoms with E-state index in [0.29, 0.717) is 32.4 Å². The number of carbonyl (C=O) groups excluding carboxylic acids is 2. The van der Waals surface area contributed by atoms with Crippen LogP contribution in [0.3, 0.4) is 0 Å². The second-order valence-electron chi connectivity index (χ2n) is 10.5. The predicted octanol–water partition coefficient (Wildman–Crippen LogP) is 4.45. The van der Waals surface area contributed by atoms with Gasteiger partial charge in [-0.1, -0.05) is 68.7 Å². The van der Waals surface area contributed by atoms with Gasteiger partial charge in [0.25, 0.3) is 0 Å². The molecule has 0 bridgehead atoms. The summed E-state index contributed by atoms with van der Waals surface area (Å²) in [4.78, 5) is 32.8. The molecule has 2 heterocycles. The highest BCUT2D eigenvalue weighted by Crippen LogP contribution is 2.39. The van der Waals surface area contributed by atoms with Crippen LogP contribution >= 0.6 is 0 Å². The number of carbonyl (C=O) groups is 2. The lowest BCUT2D eigenvalue weighted by Gasteiger charge is -2.52. The van der Waals surface area contributed by atoms with Crippen LogP contribution in [-0.2, 0) is 34.9 Å². The Bertz CT molecular complexity index is 1180. The summed E-state index contributed by atoms with van der Waals surface area (Å²) in [5, 5.41) is 3.05. The summed E-state index contributed by atoms with van der Waals surface area (Å²) >= 11 is 0. The largest absolute Gasteiger partial charge is 0.497 e. The van der Waals surface area contributed by atoms with Crippen LogP contribution in [0.15, 0.2) is 67.1 Å². The number of nitrogens with one attached hydrogen (secondary N) is 1. The molecule has 7 nitrogen and oxygen atoms in total. The molecule has 202 valence electrons. The molecule has 3 aromatic rings. The number of aromatic nitrogens is 2. The van der Waals surface area contributed by atoms with Crippen molar-refractivity contribution in [3.05, 3.63) is 83.9 Å². The molecule has 0 radical (unpaired) electrons. The Kier molecular flexibility index (Phi) is 9.21. The Balaban J connectivity index is 1.46. The highest BCUT2D eigenvalue weighted by Gasteiger charge is 2.47. The number of nitrogens with zero attached hydrogens (tertiary/aromatic N) is 3. The van der Waals surface area contributed by atoms with Crippen LogP contribution in [0.4, 0.5) is 0 Å². The third-order valence-corrected chi connectivity index (χ3v) is 7.70. The molecule has 1 aliphatic heterocycles. The fourth-order valence-corrected chi connectivity index (χ4v) is 5.38. The van der Waals surface area contributed by atoms with Gasteiger partial charge in [-0.2, -0.15) is 0 Å². The average molecular weight is 517 g/mol. The summed E-state index contributed by atoms with van der Waals surface area (Å²) in [5.41, 5.74) is 3.25. The van der Waals surface area contributed by atoms with E-state index in [9.17, 15) is 9.59 Å². The molecule has 1 aromatic heterocycles. The summed E-state index contributed by atoms with van der Waals surface area (Å²) < 4.78 is 7.19. The molecule has 1 atom stereocenters. The first kappa shape index (κ1) is 27.4. The lowest BCUT2D eigenvalue weighted by Crippen LogP contribution is -2.64. The zero-order valence-electron chi connectivity index (χ0n) is 22.9. The molecule has 2 amide bonds. The number of unbranched alkanes of at least 4 members (excludes halogenated alkanes) is 2. The van der Waals surface area contributed by atoms with Crippen molar-refractivity contribution in [2.45, 2.75) is 63.3 Å². The molecule has 0 spiro atoms. The van der Waals surface area contributed by atoms with Crippen LogP contribution in [0.5, 0.6) is 5.75 Å². The Morgan fingerprint density at radius 1 is 1.08 bits per heavy atom. The molecular weight excluding hydrogens is 476 g/mol. The van der Waals surface area contributed by atoms with Crippen molar-refractivity contribution in [3.8, 4) is 5.75 Å². The molecule has 0 saturated carbocycles. The Hall–Kier alpha value is -3.61. The first-order valence-electron chi connectivity index (χ1n) is 13.7. The van der Waals surface area contributed by atoms with Gasteiger partial charge in [0, 0.05) is 50.3 Å². The van der Waals surface area contributed by atoms with Gasteiger partial charge in [0.05, 0.1) is 13.4 Å². The van der Waals surface area contributed by atoms with Gasteiger partial charge < -0.3 is 19.5 Å². The van der Waals surface area contributed by atoms with Crippen LogP contribution in [0.2, 0.25) is 0 Å². The minimum Gasteiger partial charge on any atom is -0.497 e. The van der Waals surface area contributed by atoms with Crippen molar-refractivity contribution in [1.82, 2.24) is 19.8 Å². The topological polar surface area (TPSA) is 76.5 Å². The van der Waals surface area contributed by atoms with Crippen LogP contribution in [0.25, 0.3) is 0 Å².